The SMILES string of the molecule is COc1ccc(-c2nnc(SCC(=O)Nc3ccccc3F)n2CCc2ccccc2)cc1. The molecule has 0 aliphatic heterocycles. The summed E-state index contributed by atoms with van der Waals surface area (Å²) in [4.78, 5) is 12.4. The fourth-order valence-electron chi connectivity index (χ4n) is 3.32. The van der Waals surface area contributed by atoms with Crippen LogP contribution in [0.15, 0.2) is 84.0 Å². The fourth-order valence-corrected chi connectivity index (χ4v) is 4.08. The summed E-state index contributed by atoms with van der Waals surface area (Å²) in [6, 6.07) is 23.9. The van der Waals surface area contributed by atoms with Crippen molar-refractivity contribution < 1.29 is 13.9 Å². The van der Waals surface area contributed by atoms with Crippen LogP contribution in [-0.2, 0) is 17.8 Å². The largest absolute Gasteiger partial charge is 0.497 e. The minimum Gasteiger partial charge on any atom is -0.497 e. The van der Waals surface area contributed by atoms with Crippen molar-refractivity contribution in [2.45, 2.75) is 18.1 Å². The highest BCUT2D eigenvalue weighted by Crippen LogP contribution is 2.26. The molecule has 33 heavy (non-hydrogen) atoms. The first kappa shape index (κ1) is 22.5. The summed E-state index contributed by atoms with van der Waals surface area (Å²) in [5, 5.41) is 12.0. The molecule has 168 valence electrons. The van der Waals surface area contributed by atoms with Gasteiger partial charge in [0.1, 0.15) is 11.6 Å². The Kier molecular flexibility index (Phi) is 7.36. The summed E-state index contributed by atoms with van der Waals surface area (Å²) in [7, 11) is 1.62. The monoisotopic (exact) mass is 462 g/mol. The van der Waals surface area contributed by atoms with E-state index in [1.165, 1.54) is 29.5 Å². The number of nitrogens with one attached hydrogen (secondary N) is 1. The predicted molar refractivity (Wildman–Crippen MR) is 128 cm³/mol. The van der Waals surface area contributed by atoms with Crippen LogP contribution in [0.5, 0.6) is 5.75 Å². The number of ether oxygens (including phenoxy) is 1. The number of carbonyl (C=O) groups excluding carboxylic acids is 1. The maximum atomic E-state index is 13.8. The molecule has 1 heterocycles. The smallest absolute Gasteiger partial charge is 0.234 e. The molecule has 8 heteroatoms. The van der Waals surface area contributed by atoms with Crippen molar-refractivity contribution in [2.24, 2.45) is 0 Å². The highest BCUT2D eigenvalue weighted by atomic mass is 32.2. The molecule has 0 atom stereocenters. The minimum absolute atomic E-state index is 0.0837. The lowest BCUT2D eigenvalue weighted by Gasteiger charge is -2.11. The Morgan fingerprint density at radius 2 is 1.73 bits per heavy atom. The van der Waals surface area contributed by atoms with Crippen molar-refractivity contribution in [3.63, 3.8) is 0 Å². The maximum Gasteiger partial charge on any atom is 0.234 e. The van der Waals surface area contributed by atoms with E-state index in [0.29, 0.717) is 17.5 Å². The van der Waals surface area contributed by atoms with E-state index < -0.39 is 5.82 Å². The third kappa shape index (κ3) is 5.78. The van der Waals surface area contributed by atoms with Crippen LogP contribution < -0.4 is 10.1 Å². The molecule has 1 aromatic heterocycles. The van der Waals surface area contributed by atoms with E-state index in [9.17, 15) is 9.18 Å². The molecule has 6 nitrogen and oxygen atoms in total. The van der Waals surface area contributed by atoms with Gasteiger partial charge < -0.3 is 14.6 Å². The van der Waals surface area contributed by atoms with Gasteiger partial charge in [-0.2, -0.15) is 0 Å². The summed E-state index contributed by atoms with van der Waals surface area (Å²) in [6.07, 6.45) is 0.789. The molecule has 0 aliphatic carbocycles. The van der Waals surface area contributed by atoms with E-state index in [0.717, 1.165) is 17.7 Å². The second kappa shape index (κ2) is 10.8. The van der Waals surface area contributed by atoms with Gasteiger partial charge in [-0.3, -0.25) is 4.79 Å². The van der Waals surface area contributed by atoms with Crippen LogP contribution in [-0.4, -0.2) is 33.5 Å². The molecule has 0 bridgehead atoms. The Balaban J connectivity index is 1.52. The second-order valence-electron chi connectivity index (χ2n) is 7.24. The number of anilines is 1. The third-order valence-electron chi connectivity index (χ3n) is 5.01. The van der Waals surface area contributed by atoms with Crippen LogP contribution in [0.25, 0.3) is 11.4 Å². The van der Waals surface area contributed by atoms with Crippen LogP contribution in [0.1, 0.15) is 5.56 Å². The molecule has 4 aromatic rings. The van der Waals surface area contributed by atoms with Gasteiger partial charge in [-0.25, -0.2) is 4.39 Å². The summed E-state index contributed by atoms with van der Waals surface area (Å²) in [6.45, 7) is 0.648. The Labute approximate surface area is 195 Å². The number of nitrogens with zero attached hydrogens (tertiary/aromatic N) is 3. The highest BCUT2D eigenvalue weighted by Gasteiger charge is 2.16. The van der Waals surface area contributed by atoms with Gasteiger partial charge in [0.25, 0.3) is 0 Å². The van der Waals surface area contributed by atoms with Crippen LogP contribution >= 0.6 is 11.8 Å². The fraction of sp³-hybridized carbons (Fsp3) is 0.160. The number of para-hydroxylation sites is 1. The average molecular weight is 463 g/mol. The number of methoxy groups -OCH3 is 1. The van der Waals surface area contributed by atoms with Gasteiger partial charge in [-0.1, -0.05) is 54.2 Å². The predicted octanol–water partition coefficient (Wildman–Crippen LogP) is 5.07. The molecule has 4 rings (SSSR count). The number of halogens is 1. The second-order valence-corrected chi connectivity index (χ2v) is 8.18. The zero-order chi connectivity index (χ0) is 23.0. The van der Waals surface area contributed by atoms with Gasteiger partial charge in [0.05, 0.1) is 18.6 Å². The van der Waals surface area contributed by atoms with Crippen molar-refractivity contribution >= 4 is 23.4 Å². The molecular formula is C25H23FN4O2S. The van der Waals surface area contributed by atoms with Crippen LogP contribution in [0.4, 0.5) is 10.1 Å². The van der Waals surface area contributed by atoms with Crippen molar-refractivity contribution in [2.75, 3.05) is 18.2 Å². The average Bonchev–Trinajstić information content (AvgIpc) is 3.26. The molecule has 1 N–H and O–H groups in total. The van der Waals surface area contributed by atoms with E-state index in [4.69, 9.17) is 4.74 Å². The lowest BCUT2D eigenvalue weighted by atomic mass is 10.1. The number of aryl methyl sites for hydroxylation is 1. The van der Waals surface area contributed by atoms with Crippen LogP contribution in [0.2, 0.25) is 0 Å². The van der Waals surface area contributed by atoms with Gasteiger partial charge in [0, 0.05) is 12.1 Å². The molecule has 0 saturated carbocycles. The molecule has 1 amide bonds. The van der Waals surface area contributed by atoms with E-state index in [1.807, 2.05) is 47.0 Å². The molecule has 0 aliphatic rings. The highest BCUT2D eigenvalue weighted by molar-refractivity contribution is 7.99. The molecule has 3 aromatic carbocycles. The van der Waals surface area contributed by atoms with Gasteiger partial charge >= 0.3 is 0 Å². The lowest BCUT2D eigenvalue weighted by Crippen LogP contribution is -2.15. The zero-order valence-electron chi connectivity index (χ0n) is 18.1. The number of hydrogen-bond acceptors (Lipinski definition) is 5. The van der Waals surface area contributed by atoms with Crippen molar-refractivity contribution in [1.29, 1.82) is 0 Å². The molecule has 0 radical (unpaired) electrons. The Bertz CT molecular complexity index is 1210. The molecule has 0 saturated heterocycles. The number of aromatic nitrogens is 3. The standard InChI is InChI=1S/C25H23FN4O2S/c1-32-20-13-11-19(12-14-20)24-28-29-25(30(24)16-15-18-7-3-2-4-8-18)33-17-23(31)27-22-10-6-5-9-21(22)26/h2-14H,15-17H2,1H3,(H,27,31). The lowest BCUT2D eigenvalue weighted by molar-refractivity contribution is -0.113. The Morgan fingerprint density at radius 1 is 1.00 bits per heavy atom. The zero-order valence-corrected chi connectivity index (χ0v) is 18.9. The van der Waals surface area contributed by atoms with E-state index in [2.05, 4.69) is 27.6 Å². The number of hydrogen-bond donors (Lipinski definition) is 1. The third-order valence-corrected chi connectivity index (χ3v) is 5.98. The number of benzene rings is 3. The van der Waals surface area contributed by atoms with E-state index in [1.54, 1.807) is 19.2 Å². The summed E-state index contributed by atoms with van der Waals surface area (Å²) in [5.74, 6) is 0.775. The molecule has 0 spiro atoms. The van der Waals surface area contributed by atoms with Gasteiger partial charge in [0.15, 0.2) is 11.0 Å². The minimum atomic E-state index is -0.469. The van der Waals surface area contributed by atoms with Crippen molar-refractivity contribution in [1.82, 2.24) is 14.8 Å². The Hall–Kier alpha value is -3.65. The molecular weight excluding hydrogens is 439 g/mol. The number of rotatable bonds is 9. The number of thioether (sulfide) groups is 1. The van der Waals surface area contributed by atoms with E-state index in [-0.39, 0.29) is 17.3 Å². The first-order valence-electron chi connectivity index (χ1n) is 10.4. The first-order chi connectivity index (χ1) is 16.1. The summed E-state index contributed by atoms with van der Waals surface area (Å²) >= 11 is 1.27. The number of amides is 1. The topological polar surface area (TPSA) is 69.0 Å². The quantitative estimate of drug-likeness (QED) is 0.352. The van der Waals surface area contributed by atoms with Crippen molar-refractivity contribution in [3.05, 3.63) is 90.2 Å². The molecule has 0 fully saturated rings. The first-order valence-corrected chi connectivity index (χ1v) is 11.4. The normalized spacial score (nSPS) is 10.7. The molecule has 0 unspecified atom stereocenters. The summed E-state index contributed by atoms with van der Waals surface area (Å²) < 4.78 is 21.1. The van der Waals surface area contributed by atoms with Crippen LogP contribution in [0.3, 0.4) is 0 Å². The maximum absolute atomic E-state index is 13.8. The van der Waals surface area contributed by atoms with Gasteiger partial charge in [-0.15, -0.1) is 10.2 Å². The van der Waals surface area contributed by atoms with Crippen molar-refractivity contribution in [3.8, 4) is 17.1 Å². The van der Waals surface area contributed by atoms with E-state index >= 15 is 0 Å². The van der Waals surface area contributed by atoms with Gasteiger partial charge in [0.2, 0.25) is 5.91 Å². The van der Waals surface area contributed by atoms with Crippen LogP contribution in [0, 0.1) is 5.82 Å². The number of carbonyl (C=O) groups is 1. The Morgan fingerprint density at radius 3 is 2.45 bits per heavy atom. The van der Waals surface area contributed by atoms with Gasteiger partial charge in [-0.05, 0) is 48.4 Å². The summed E-state index contributed by atoms with van der Waals surface area (Å²) in [5.41, 5.74) is 2.26.